The molecule has 0 spiro atoms. The Morgan fingerprint density at radius 3 is 2.14 bits per heavy atom. The fourth-order valence-electron chi connectivity index (χ4n) is 0.959. The summed E-state index contributed by atoms with van der Waals surface area (Å²) in [5.74, 6) is -2.84. The van der Waals surface area contributed by atoms with Crippen LogP contribution < -0.4 is 34.7 Å². The van der Waals surface area contributed by atoms with E-state index in [2.05, 4.69) is 0 Å². The number of carbonyl (C=O) groups is 2. The average molecular weight is 200 g/mol. The molecular formula is C10H9NaO3. The molecule has 1 aromatic carbocycles. The molecule has 0 heterocycles. The van der Waals surface area contributed by atoms with Crippen LogP contribution in [0.15, 0.2) is 30.3 Å². The van der Waals surface area contributed by atoms with Crippen molar-refractivity contribution in [1.82, 2.24) is 0 Å². The molecular weight excluding hydrogens is 191 g/mol. The van der Waals surface area contributed by atoms with Crippen molar-refractivity contribution < 1.29 is 44.3 Å². The number of aliphatic carboxylic acids is 1. The van der Waals surface area contributed by atoms with Crippen molar-refractivity contribution in [3.63, 3.8) is 0 Å². The number of benzene rings is 1. The molecule has 68 valence electrons. The molecule has 0 saturated carbocycles. The van der Waals surface area contributed by atoms with Gasteiger partial charge in [0.2, 0.25) is 0 Å². The van der Waals surface area contributed by atoms with Crippen LogP contribution in [0.5, 0.6) is 0 Å². The fourth-order valence-corrected chi connectivity index (χ4v) is 0.959. The summed E-state index contributed by atoms with van der Waals surface area (Å²) in [6, 6.07) is 8.31. The molecule has 0 radical (unpaired) electrons. The van der Waals surface area contributed by atoms with Crippen molar-refractivity contribution in [1.29, 1.82) is 0 Å². The van der Waals surface area contributed by atoms with Crippen molar-refractivity contribution >= 4 is 11.8 Å². The Kier molecular flexibility index (Phi) is 5.69. The van der Waals surface area contributed by atoms with E-state index in [9.17, 15) is 14.7 Å². The molecule has 14 heavy (non-hydrogen) atoms. The molecule has 0 fully saturated rings. The molecule has 1 unspecified atom stereocenters. The van der Waals surface area contributed by atoms with Crippen LogP contribution in [0.25, 0.3) is 0 Å². The summed E-state index contributed by atoms with van der Waals surface area (Å²) < 4.78 is 0. The smallest absolute Gasteiger partial charge is 0.549 e. The summed E-state index contributed by atoms with van der Waals surface area (Å²) in [5, 5.41) is 10.4. The molecule has 0 N–H and O–H groups in total. The molecule has 1 aromatic rings. The summed E-state index contributed by atoms with van der Waals surface area (Å²) in [5.41, 5.74) is 0.402. The Bertz CT molecular complexity index is 321. The van der Waals surface area contributed by atoms with Gasteiger partial charge < -0.3 is 9.90 Å². The van der Waals surface area contributed by atoms with Gasteiger partial charge in [0.05, 0.1) is 11.9 Å². The molecule has 3 nitrogen and oxygen atoms in total. The number of rotatable bonds is 3. The Morgan fingerprint density at radius 2 is 1.71 bits per heavy atom. The summed E-state index contributed by atoms with van der Waals surface area (Å²) in [4.78, 5) is 21.7. The fraction of sp³-hybridized carbons (Fsp3) is 0.200. The van der Waals surface area contributed by atoms with Crippen molar-refractivity contribution in [2.75, 3.05) is 0 Å². The first-order valence-electron chi connectivity index (χ1n) is 3.93. The Labute approximate surface area is 104 Å². The Hall–Kier alpha value is -0.640. The van der Waals surface area contributed by atoms with Gasteiger partial charge >= 0.3 is 29.6 Å². The molecule has 0 amide bonds. The quantitative estimate of drug-likeness (QED) is 0.302. The van der Waals surface area contributed by atoms with Gasteiger partial charge in [0, 0.05) is 5.56 Å². The minimum Gasteiger partial charge on any atom is -0.549 e. The molecule has 4 heteroatoms. The maximum absolute atomic E-state index is 11.4. The van der Waals surface area contributed by atoms with Gasteiger partial charge in [-0.05, 0) is 6.92 Å². The Morgan fingerprint density at radius 1 is 1.21 bits per heavy atom. The van der Waals surface area contributed by atoms with Crippen LogP contribution in [0.1, 0.15) is 17.3 Å². The van der Waals surface area contributed by atoms with Gasteiger partial charge in [0.15, 0.2) is 5.78 Å². The normalized spacial score (nSPS) is 11.2. The Balaban J connectivity index is 0.00000169. The maximum atomic E-state index is 11.4. The van der Waals surface area contributed by atoms with E-state index < -0.39 is 17.7 Å². The number of hydrogen-bond acceptors (Lipinski definition) is 3. The van der Waals surface area contributed by atoms with Crippen LogP contribution in [-0.2, 0) is 4.79 Å². The van der Waals surface area contributed by atoms with Crippen LogP contribution in [-0.4, -0.2) is 11.8 Å². The van der Waals surface area contributed by atoms with E-state index >= 15 is 0 Å². The minimum absolute atomic E-state index is 0. The molecule has 0 aromatic heterocycles. The van der Waals surface area contributed by atoms with Crippen molar-refractivity contribution in [3.8, 4) is 0 Å². The van der Waals surface area contributed by atoms with Crippen LogP contribution in [0, 0.1) is 5.92 Å². The van der Waals surface area contributed by atoms with E-state index in [4.69, 9.17) is 0 Å². The predicted molar refractivity (Wildman–Crippen MR) is 44.9 cm³/mol. The van der Waals surface area contributed by atoms with E-state index in [1.807, 2.05) is 0 Å². The van der Waals surface area contributed by atoms with Gasteiger partial charge in [-0.25, -0.2) is 0 Å². The van der Waals surface area contributed by atoms with E-state index in [1.165, 1.54) is 6.92 Å². The summed E-state index contributed by atoms with van der Waals surface area (Å²) in [7, 11) is 0. The molecule has 0 aliphatic heterocycles. The van der Waals surface area contributed by atoms with Crippen LogP contribution in [0.2, 0.25) is 0 Å². The first-order chi connectivity index (χ1) is 6.13. The number of ketones is 1. The topological polar surface area (TPSA) is 57.2 Å². The standard InChI is InChI=1S/C10H10O3.Na/c1-7(10(12)13)9(11)8-5-3-2-4-6-8;/h2-7H,1H3,(H,12,13);/q;+1/p-1. The SMILES string of the molecule is CC(C(=O)[O-])C(=O)c1ccccc1.[Na+]. The zero-order valence-electron chi connectivity index (χ0n) is 8.19. The second-order valence-corrected chi connectivity index (χ2v) is 2.77. The molecule has 1 rings (SSSR count). The molecule has 0 aliphatic carbocycles. The predicted octanol–water partition coefficient (Wildman–Crippen LogP) is -2.74. The number of carboxylic acid groups (broad SMARTS) is 1. The second kappa shape index (κ2) is 5.96. The van der Waals surface area contributed by atoms with Crippen molar-refractivity contribution in [2.24, 2.45) is 5.92 Å². The van der Waals surface area contributed by atoms with E-state index in [-0.39, 0.29) is 29.6 Å². The van der Waals surface area contributed by atoms with E-state index in [1.54, 1.807) is 30.3 Å². The molecule has 1 atom stereocenters. The third-order valence-corrected chi connectivity index (χ3v) is 1.81. The largest absolute Gasteiger partial charge is 1.00 e. The van der Waals surface area contributed by atoms with E-state index in [0.717, 1.165) is 0 Å². The average Bonchev–Trinajstić information content (AvgIpc) is 2.17. The third-order valence-electron chi connectivity index (χ3n) is 1.81. The van der Waals surface area contributed by atoms with Crippen molar-refractivity contribution in [3.05, 3.63) is 35.9 Å². The van der Waals surface area contributed by atoms with E-state index in [0.29, 0.717) is 5.56 Å². The van der Waals surface area contributed by atoms with Crippen LogP contribution in [0.3, 0.4) is 0 Å². The van der Waals surface area contributed by atoms with Gasteiger partial charge in [-0.2, -0.15) is 0 Å². The van der Waals surface area contributed by atoms with Gasteiger partial charge in [-0.1, -0.05) is 30.3 Å². The first-order valence-corrected chi connectivity index (χ1v) is 3.93. The number of carboxylic acids is 1. The summed E-state index contributed by atoms with van der Waals surface area (Å²) in [6.07, 6.45) is 0. The van der Waals surface area contributed by atoms with Gasteiger partial charge in [0.1, 0.15) is 0 Å². The van der Waals surface area contributed by atoms with Gasteiger partial charge in [-0.15, -0.1) is 0 Å². The van der Waals surface area contributed by atoms with Gasteiger partial charge in [0.25, 0.3) is 0 Å². The number of carbonyl (C=O) groups excluding carboxylic acids is 2. The molecule has 0 aliphatic rings. The monoisotopic (exact) mass is 200 g/mol. The number of Topliss-reactive ketones (excluding diaryl/α,β-unsaturated/α-hetero) is 1. The first kappa shape index (κ1) is 13.4. The maximum Gasteiger partial charge on any atom is 1.00 e. The summed E-state index contributed by atoms with van der Waals surface area (Å²) >= 11 is 0. The molecule has 0 bridgehead atoms. The third kappa shape index (κ3) is 3.25. The van der Waals surface area contributed by atoms with Crippen LogP contribution in [0.4, 0.5) is 0 Å². The second-order valence-electron chi connectivity index (χ2n) is 2.77. The zero-order valence-corrected chi connectivity index (χ0v) is 10.2. The summed E-state index contributed by atoms with van der Waals surface area (Å²) in [6.45, 7) is 1.32. The zero-order chi connectivity index (χ0) is 9.84. The van der Waals surface area contributed by atoms with Crippen molar-refractivity contribution in [2.45, 2.75) is 6.92 Å². The number of hydrogen-bond donors (Lipinski definition) is 0. The molecule has 0 saturated heterocycles. The van der Waals surface area contributed by atoms with Gasteiger partial charge in [-0.3, -0.25) is 4.79 Å². The van der Waals surface area contributed by atoms with Crippen LogP contribution >= 0.6 is 0 Å². The minimum atomic E-state index is -1.34.